The second-order valence-electron chi connectivity index (χ2n) is 12.6. The van der Waals surface area contributed by atoms with Crippen molar-refractivity contribution in [3.8, 4) is 65.5 Å². The van der Waals surface area contributed by atoms with Crippen molar-refractivity contribution in [3.05, 3.63) is 162 Å². The van der Waals surface area contributed by atoms with E-state index in [1.54, 1.807) is 22.7 Å². The SMILES string of the molecule is Cc1cc(C)c(-c2cc(-c3cccs3)cc3c2[nH]c2ccc(-c4cccs4)cc23)cc1-c1cc(-c2ccccc2)cc(-c2ccccn2)c1. The Kier molecular flexibility index (Phi) is 7.34. The minimum Gasteiger partial charge on any atom is -0.354 e. The lowest BCUT2D eigenvalue weighted by molar-refractivity contribution is 1.32. The Morgan fingerprint density at radius 3 is 1.94 bits per heavy atom. The summed E-state index contributed by atoms with van der Waals surface area (Å²) >= 11 is 3.57. The van der Waals surface area contributed by atoms with E-state index in [1.807, 2.05) is 12.3 Å². The highest BCUT2D eigenvalue weighted by atomic mass is 32.1. The van der Waals surface area contributed by atoms with Crippen LogP contribution in [0.1, 0.15) is 11.1 Å². The highest BCUT2D eigenvalue weighted by molar-refractivity contribution is 7.13. The number of benzene rings is 5. The van der Waals surface area contributed by atoms with E-state index in [4.69, 9.17) is 4.98 Å². The first-order valence-electron chi connectivity index (χ1n) is 16.5. The van der Waals surface area contributed by atoms with Gasteiger partial charge in [0.2, 0.25) is 0 Å². The van der Waals surface area contributed by atoms with Crippen LogP contribution in [-0.4, -0.2) is 9.97 Å². The third-order valence-corrected chi connectivity index (χ3v) is 11.3. The molecular formula is C45H32N2S2. The minimum atomic E-state index is 0.969. The molecule has 0 amide bonds. The molecule has 5 aromatic carbocycles. The second kappa shape index (κ2) is 12.2. The van der Waals surface area contributed by atoms with Gasteiger partial charge in [-0.15, -0.1) is 22.7 Å². The van der Waals surface area contributed by atoms with Crippen LogP contribution in [0.15, 0.2) is 150 Å². The Morgan fingerprint density at radius 1 is 0.469 bits per heavy atom. The third-order valence-electron chi connectivity index (χ3n) is 9.49. The largest absolute Gasteiger partial charge is 0.354 e. The first kappa shape index (κ1) is 29.6. The van der Waals surface area contributed by atoms with Gasteiger partial charge in [-0.2, -0.15) is 0 Å². The standard InChI is InChI=1S/C45H32N2S2/c1-28-20-29(2)37(27-36(28)33-21-32(30-10-4-3-5-11-30)22-34(23-33)41-12-6-7-17-46-41)39-25-35(44-14-9-19-49-44)26-40-38-24-31(43-13-8-18-48-43)15-16-42(38)47-45(39)40/h3-27,47H,1-2H3. The fourth-order valence-electron chi connectivity index (χ4n) is 7.11. The number of aromatic nitrogens is 2. The molecule has 49 heavy (non-hydrogen) atoms. The zero-order valence-electron chi connectivity index (χ0n) is 27.2. The van der Waals surface area contributed by atoms with Crippen LogP contribution < -0.4 is 0 Å². The highest BCUT2D eigenvalue weighted by Crippen LogP contribution is 2.43. The van der Waals surface area contributed by atoms with Crippen molar-refractivity contribution >= 4 is 44.5 Å². The summed E-state index contributed by atoms with van der Waals surface area (Å²) in [5.41, 5.74) is 16.6. The Balaban J connectivity index is 1.28. The van der Waals surface area contributed by atoms with Crippen LogP contribution in [0, 0.1) is 13.8 Å². The maximum atomic E-state index is 4.73. The smallest absolute Gasteiger partial charge is 0.0702 e. The molecule has 4 heterocycles. The second-order valence-corrected chi connectivity index (χ2v) is 14.5. The Labute approximate surface area is 294 Å². The molecule has 234 valence electrons. The first-order chi connectivity index (χ1) is 24.1. The number of H-pyrrole nitrogens is 1. The van der Waals surface area contributed by atoms with Crippen molar-refractivity contribution < 1.29 is 0 Å². The molecule has 2 nitrogen and oxygen atoms in total. The van der Waals surface area contributed by atoms with Crippen molar-refractivity contribution in [1.29, 1.82) is 0 Å². The van der Waals surface area contributed by atoms with Crippen LogP contribution in [-0.2, 0) is 0 Å². The Morgan fingerprint density at radius 2 is 1.18 bits per heavy atom. The van der Waals surface area contributed by atoms with Gasteiger partial charge in [-0.05, 0) is 147 Å². The number of rotatable bonds is 6. The lowest BCUT2D eigenvalue weighted by Crippen LogP contribution is -1.93. The van der Waals surface area contributed by atoms with Gasteiger partial charge in [0.1, 0.15) is 0 Å². The number of hydrogen-bond donors (Lipinski definition) is 1. The normalized spacial score (nSPS) is 11.5. The number of nitrogens with one attached hydrogen (secondary N) is 1. The monoisotopic (exact) mass is 664 g/mol. The molecule has 0 saturated heterocycles. The van der Waals surface area contributed by atoms with Crippen LogP contribution in [0.2, 0.25) is 0 Å². The number of pyridine rings is 1. The van der Waals surface area contributed by atoms with Gasteiger partial charge in [-0.25, -0.2) is 0 Å². The average molecular weight is 665 g/mol. The molecule has 4 aromatic heterocycles. The molecular weight excluding hydrogens is 633 g/mol. The number of aryl methyl sites for hydroxylation is 2. The molecule has 4 heteroatoms. The van der Waals surface area contributed by atoms with E-state index in [0.29, 0.717) is 0 Å². The molecule has 0 spiro atoms. The first-order valence-corrected chi connectivity index (χ1v) is 18.3. The molecule has 0 unspecified atom stereocenters. The molecule has 0 aliphatic heterocycles. The Hall–Kier alpha value is -5.55. The number of hydrogen-bond acceptors (Lipinski definition) is 3. The summed E-state index contributed by atoms with van der Waals surface area (Å²) in [6.07, 6.45) is 1.87. The van der Waals surface area contributed by atoms with E-state index in [1.165, 1.54) is 81.7 Å². The van der Waals surface area contributed by atoms with Crippen molar-refractivity contribution in [3.63, 3.8) is 0 Å². The van der Waals surface area contributed by atoms with E-state index >= 15 is 0 Å². The number of fused-ring (bicyclic) bond motifs is 3. The lowest BCUT2D eigenvalue weighted by Gasteiger charge is -2.17. The van der Waals surface area contributed by atoms with Crippen molar-refractivity contribution in [2.24, 2.45) is 0 Å². The van der Waals surface area contributed by atoms with Crippen molar-refractivity contribution in [2.75, 3.05) is 0 Å². The topological polar surface area (TPSA) is 28.7 Å². The van der Waals surface area contributed by atoms with Crippen LogP contribution in [0.3, 0.4) is 0 Å². The van der Waals surface area contributed by atoms with Crippen LogP contribution >= 0.6 is 22.7 Å². The van der Waals surface area contributed by atoms with Gasteiger partial charge in [0.15, 0.2) is 0 Å². The van der Waals surface area contributed by atoms with Gasteiger partial charge in [0.25, 0.3) is 0 Å². The van der Waals surface area contributed by atoms with E-state index in [2.05, 4.69) is 157 Å². The maximum Gasteiger partial charge on any atom is 0.0702 e. The molecule has 0 aliphatic rings. The van der Waals surface area contributed by atoms with E-state index in [9.17, 15) is 0 Å². The maximum absolute atomic E-state index is 4.73. The quantitative estimate of drug-likeness (QED) is 0.188. The number of nitrogens with zero attached hydrogens (tertiary/aromatic N) is 1. The van der Waals surface area contributed by atoms with Gasteiger partial charge >= 0.3 is 0 Å². The van der Waals surface area contributed by atoms with E-state index in [-0.39, 0.29) is 0 Å². The van der Waals surface area contributed by atoms with Gasteiger partial charge in [-0.1, -0.05) is 60.7 Å². The summed E-state index contributed by atoms with van der Waals surface area (Å²) in [5, 5.41) is 6.81. The van der Waals surface area contributed by atoms with Crippen LogP contribution in [0.5, 0.6) is 0 Å². The molecule has 0 atom stereocenters. The predicted octanol–water partition coefficient (Wildman–Crippen LogP) is 13.5. The van der Waals surface area contributed by atoms with Gasteiger partial charge in [0, 0.05) is 43.4 Å². The van der Waals surface area contributed by atoms with Crippen LogP contribution in [0.25, 0.3) is 87.3 Å². The summed E-state index contributed by atoms with van der Waals surface area (Å²) in [7, 11) is 0. The molecule has 9 aromatic rings. The average Bonchev–Trinajstić information content (AvgIpc) is 3.94. The van der Waals surface area contributed by atoms with Crippen molar-refractivity contribution in [1.82, 2.24) is 9.97 Å². The third kappa shape index (κ3) is 5.40. The Bertz CT molecular complexity index is 2540. The summed E-state index contributed by atoms with van der Waals surface area (Å²) in [4.78, 5) is 11.1. The van der Waals surface area contributed by atoms with Crippen LogP contribution in [0.4, 0.5) is 0 Å². The zero-order chi connectivity index (χ0) is 32.9. The van der Waals surface area contributed by atoms with Gasteiger partial charge in [-0.3, -0.25) is 4.98 Å². The highest BCUT2D eigenvalue weighted by Gasteiger charge is 2.18. The molecule has 0 saturated carbocycles. The predicted molar refractivity (Wildman–Crippen MR) is 211 cm³/mol. The molecule has 1 N–H and O–H groups in total. The molecule has 9 rings (SSSR count). The zero-order valence-corrected chi connectivity index (χ0v) is 28.8. The molecule has 0 fully saturated rings. The fraction of sp³-hybridized carbons (Fsp3) is 0.0444. The lowest BCUT2D eigenvalue weighted by atomic mass is 9.88. The minimum absolute atomic E-state index is 0.969. The molecule has 0 radical (unpaired) electrons. The molecule has 0 aliphatic carbocycles. The number of aromatic amines is 1. The fourth-order valence-corrected chi connectivity index (χ4v) is 8.55. The van der Waals surface area contributed by atoms with Crippen molar-refractivity contribution in [2.45, 2.75) is 13.8 Å². The van der Waals surface area contributed by atoms with E-state index < -0.39 is 0 Å². The molecule has 0 bridgehead atoms. The van der Waals surface area contributed by atoms with Gasteiger partial charge < -0.3 is 4.98 Å². The van der Waals surface area contributed by atoms with Gasteiger partial charge in [0.05, 0.1) is 11.2 Å². The van der Waals surface area contributed by atoms with E-state index in [0.717, 1.165) is 16.8 Å². The summed E-state index contributed by atoms with van der Waals surface area (Å²) in [6, 6.07) is 48.7. The summed E-state index contributed by atoms with van der Waals surface area (Å²) < 4.78 is 0. The summed E-state index contributed by atoms with van der Waals surface area (Å²) in [6.45, 7) is 4.47. The number of thiophene rings is 2. The summed E-state index contributed by atoms with van der Waals surface area (Å²) in [5.74, 6) is 0.